The fourth-order valence-electron chi connectivity index (χ4n) is 3.78. The Morgan fingerprint density at radius 2 is 1.77 bits per heavy atom. The maximum atomic E-state index is 8.98. The van der Waals surface area contributed by atoms with E-state index in [9.17, 15) is 0 Å². The highest BCUT2D eigenvalue weighted by Crippen LogP contribution is 2.22. The van der Waals surface area contributed by atoms with Gasteiger partial charge in [0.15, 0.2) is 0 Å². The second kappa shape index (κ2) is 9.10. The molecule has 2 heterocycles. The van der Waals surface area contributed by atoms with E-state index in [1.54, 1.807) is 0 Å². The summed E-state index contributed by atoms with van der Waals surface area (Å²) in [6.07, 6.45) is 1.07. The van der Waals surface area contributed by atoms with Crippen molar-refractivity contribution < 1.29 is 4.52 Å². The monoisotopic (exact) mass is 401 g/mol. The number of hydrogen-bond acceptors (Lipinski definition) is 6. The lowest BCUT2D eigenvalue weighted by atomic mass is 10.0. The zero-order chi connectivity index (χ0) is 20.9. The van der Waals surface area contributed by atoms with Gasteiger partial charge in [0.1, 0.15) is 0 Å². The molecule has 0 aliphatic carbocycles. The van der Waals surface area contributed by atoms with Crippen LogP contribution in [0.2, 0.25) is 0 Å². The zero-order valence-corrected chi connectivity index (χ0v) is 17.6. The standard InChI is InChI=1S/C24H27N5O/c1-18(2)20-6-8-21(9-7-20)24-26-23(30-27-24)17-28-12-3-13-29(15-14-28)22-10-4-19(16-25)5-11-22/h4-11,18H,3,12-15,17H2,1-2H3. The first-order chi connectivity index (χ1) is 14.6. The number of nitriles is 1. The van der Waals surface area contributed by atoms with Crippen molar-refractivity contribution in [2.24, 2.45) is 0 Å². The van der Waals surface area contributed by atoms with Gasteiger partial charge in [-0.3, -0.25) is 4.90 Å². The molecule has 4 rings (SSSR count). The normalized spacial score (nSPS) is 15.2. The Bertz CT molecular complexity index is 1000. The molecule has 0 atom stereocenters. The van der Waals surface area contributed by atoms with E-state index in [0.717, 1.165) is 38.2 Å². The predicted octanol–water partition coefficient (Wildman–Crippen LogP) is 4.44. The number of rotatable bonds is 5. The van der Waals surface area contributed by atoms with Gasteiger partial charge in [0.05, 0.1) is 18.2 Å². The van der Waals surface area contributed by atoms with Gasteiger partial charge in [-0.05, 0) is 42.2 Å². The average Bonchev–Trinajstić information content (AvgIpc) is 3.12. The van der Waals surface area contributed by atoms with Crippen molar-refractivity contribution in [1.29, 1.82) is 5.26 Å². The molecule has 1 aliphatic rings. The molecule has 0 spiro atoms. The van der Waals surface area contributed by atoms with Gasteiger partial charge in [-0.25, -0.2) is 0 Å². The van der Waals surface area contributed by atoms with Gasteiger partial charge in [0, 0.05) is 37.4 Å². The molecule has 6 heteroatoms. The van der Waals surface area contributed by atoms with E-state index in [2.05, 4.69) is 64.1 Å². The van der Waals surface area contributed by atoms with Crippen LogP contribution in [0.5, 0.6) is 0 Å². The fraction of sp³-hybridized carbons (Fsp3) is 0.375. The minimum absolute atomic E-state index is 0.506. The number of benzene rings is 2. The SMILES string of the molecule is CC(C)c1ccc(-c2noc(CN3CCCN(c4ccc(C#N)cc4)CC3)n2)cc1. The number of nitrogens with zero attached hydrogens (tertiary/aromatic N) is 5. The first-order valence-electron chi connectivity index (χ1n) is 10.5. The van der Waals surface area contributed by atoms with E-state index in [1.165, 1.54) is 11.3 Å². The van der Waals surface area contributed by atoms with Crippen LogP contribution in [0.3, 0.4) is 0 Å². The van der Waals surface area contributed by atoms with Crippen molar-refractivity contribution in [2.75, 3.05) is 31.1 Å². The molecule has 2 aromatic carbocycles. The van der Waals surface area contributed by atoms with Crippen molar-refractivity contribution in [2.45, 2.75) is 32.7 Å². The molecule has 1 fully saturated rings. The van der Waals surface area contributed by atoms with E-state index in [1.807, 2.05) is 24.3 Å². The lowest BCUT2D eigenvalue weighted by Gasteiger charge is -2.23. The summed E-state index contributed by atoms with van der Waals surface area (Å²) in [5, 5.41) is 13.2. The molecule has 6 nitrogen and oxygen atoms in total. The van der Waals surface area contributed by atoms with Crippen LogP contribution in [0.4, 0.5) is 5.69 Å². The highest BCUT2D eigenvalue weighted by Gasteiger charge is 2.18. The summed E-state index contributed by atoms with van der Waals surface area (Å²) in [4.78, 5) is 9.35. The van der Waals surface area contributed by atoms with E-state index in [0.29, 0.717) is 29.7 Å². The van der Waals surface area contributed by atoms with Crippen molar-refractivity contribution in [3.8, 4) is 17.5 Å². The molecule has 0 radical (unpaired) electrons. The van der Waals surface area contributed by atoms with Crippen molar-refractivity contribution >= 4 is 5.69 Å². The highest BCUT2D eigenvalue weighted by molar-refractivity contribution is 5.55. The summed E-state index contributed by atoms with van der Waals surface area (Å²) in [5.41, 5.74) is 4.15. The Hall–Kier alpha value is -3.17. The maximum Gasteiger partial charge on any atom is 0.241 e. The molecule has 1 aliphatic heterocycles. The van der Waals surface area contributed by atoms with Gasteiger partial charge in [0.2, 0.25) is 11.7 Å². The van der Waals surface area contributed by atoms with Crippen LogP contribution in [-0.4, -0.2) is 41.2 Å². The Morgan fingerprint density at radius 3 is 2.47 bits per heavy atom. The summed E-state index contributed by atoms with van der Waals surface area (Å²) < 4.78 is 5.53. The van der Waals surface area contributed by atoms with Crippen molar-refractivity contribution in [1.82, 2.24) is 15.0 Å². The number of anilines is 1. The van der Waals surface area contributed by atoms with Crippen LogP contribution < -0.4 is 4.90 Å². The summed E-state index contributed by atoms with van der Waals surface area (Å²) in [5.74, 6) is 1.81. The molecule has 0 N–H and O–H groups in total. The second-order valence-electron chi connectivity index (χ2n) is 8.06. The molecule has 1 saturated heterocycles. The topological polar surface area (TPSA) is 69.2 Å². The molecule has 1 aromatic heterocycles. The van der Waals surface area contributed by atoms with Crippen LogP contribution in [0.1, 0.15) is 43.2 Å². The van der Waals surface area contributed by atoms with Gasteiger partial charge >= 0.3 is 0 Å². The predicted molar refractivity (Wildman–Crippen MR) is 117 cm³/mol. The maximum absolute atomic E-state index is 8.98. The van der Waals surface area contributed by atoms with Gasteiger partial charge in [-0.15, -0.1) is 0 Å². The van der Waals surface area contributed by atoms with Crippen LogP contribution in [0, 0.1) is 11.3 Å². The molecule has 0 unspecified atom stereocenters. The van der Waals surface area contributed by atoms with Crippen LogP contribution in [0.25, 0.3) is 11.4 Å². The van der Waals surface area contributed by atoms with E-state index < -0.39 is 0 Å². The first-order valence-corrected chi connectivity index (χ1v) is 10.5. The van der Waals surface area contributed by atoms with E-state index in [-0.39, 0.29) is 0 Å². The third-order valence-electron chi connectivity index (χ3n) is 5.61. The van der Waals surface area contributed by atoms with Crippen LogP contribution in [0.15, 0.2) is 53.1 Å². The molecule has 154 valence electrons. The third-order valence-corrected chi connectivity index (χ3v) is 5.61. The summed E-state index contributed by atoms with van der Waals surface area (Å²) in [6.45, 7) is 8.90. The van der Waals surface area contributed by atoms with Gasteiger partial charge in [-0.1, -0.05) is 43.3 Å². The van der Waals surface area contributed by atoms with Crippen molar-refractivity contribution in [3.05, 3.63) is 65.5 Å². The fourth-order valence-corrected chi connectivity index (χ4v) is 3.78. The largest absolute Gasteiger partial charge is 0.370 e. The molecule has 0 amide bonds. The van der Waals surface area contributed by atoms with Gasteiger partial charge < -0.3 is 9.42 Å². The summed E-state index contributed by atoms with van der Waals surface area (Å²) >= 11 is 0. The van der Waals surface area contributed by atoms with Crippen LogP contribution >= 0.6 is 0 Å². The molecule has 0 saturated carbocycles. The molecule has 3 aromatic rings. The molecular formula is C24H27N5O. The Morgan fingerprint density at radius 1 is 1.00 bits per heavy atom. The van der Waals surface area contributed by atoms with Gasteiger partial charge in [-0.2, -0.15) is 10.2 Å². The summed E-state index contributed by atoms with van der Waals surface area (Å²) in [7, 11) is 0. The third kappa shape index (κ3) is 4.69. The quantitative estimate of drug-likeness (QED) is 0.629. The van der Waals surface area contributed by atoms with Gasteiger partial charge in [0.25, 0.3) is 0 Å². The molecular weight excluding hydrogens is 374 g/mol. The van der Waals surface area contributed by atoms with E-state index in [4.69, 9.17) is 9.78 Å². The minimum Gasteiger partial charge on any atom is -0.370 e. The Balaban J connectivity index is 1.36. The summed E-state index contributed by atoms with van der Waals surface area (Å²) in [6, 6.07) is 18.4. The van der Waals surface area contributed by atoms with Crippen LogP contribution in [-0.2, 0) is 6.54 Å². The average molecular weight is 402 g/mol. The smallest absolute Gasteiger partial charge is 0.241 e. The molecule has 0 bridgehead atoms. The zero-order valence-electron chi connectivity index (χ0n) is 17.6. The lowest BCUT2D eigenvalue weighted by molar-refractivity contribution is 0.239. The number of hydrogen-bond donors (Lipinski definition) is 0. The second-order valence-corrected chi connectivity index (χ2v) is 8.06. The first kappa shape index (κ1) is 20.1. The number of aromatic nitrogens is 2. The Kier molecular flexibility index (Phi) is 6.10. The minimum atomic E-state index is 0.506. The highest BCUT2D eigenvalue weighted by atomic mass is 16.5. The molecule has 30 heavy (non-hydrogen) atoms. The Labute approximate surface area is 177 Å². The van der Waals surface area contributed by atoms with E-state index >= 15 is 0 Å². The van der Waals surface area contributed by atoms with Crippen molar-refractivity contribution in [3.63, 3.8) is 0 Å². The lowest BCUT2D eigenvalue weighted by Crippen LogP contribution is -2.30.